The zero-order valence-corrected chi connectivity index (χ0v) is 78.6. The molecule has 9 fully saturated rings. The van der Waals surface area contributed by atoms with Crippen molar-refractivity contribution < 1.29 is 19.0 Å². The van der Waals surface area contributed by atoms with Crippen molar-refractivity contribution in [2.24, 2.45) is 34.0 Å². The van der Waals surface area contributed by atoms with Crippen LogP contribution in [0.25, 0.3) is 32.3 Å². The van der Waals surface area contributed by atoms with E-state index in [0.29, 0.717) is 78.3 Å². The lowest BCUT2D eigenvalue weighted by Crippen LogP contribution is -2.89. The standard InChI is InChI=1S/2C31H38N2O.C28H29NO2.3CH4.B32/c2*1-20(2)33-26-7-6-24-17-25-10-12-29(3)27(22-5-4-21-11-15-32-19-23(21)16-22)8-9-28(29)31(25)14-13-30(24,18-26)34-31;1-26-10-8-22-15-21-4-5-23(30)16-27(21)11-12-28(22,31-27)25(26)7-6-24(26)19-3-2-18-9-13-29-17-20(18)14-19;;;;1-18(2)26(17)30(25(15)16)32(29(23(11)12)24(13)14)31(27(19(3)4)20(5)6)28(21(7)8)22(9)10/h2*4-5,10-11,15-17,19-20,26-28,33H,6-9,12-14,18H2,1-3H3;2-3,8-9,13-15,17,24-25H,4-7,10-12,16H2,1H3;3*1H4;/t26-,27?,28+,29+,30?,31+;26-,27?,28-,29-,30?,31-;24?,25-,26-,27?,28-;;;;/m011..../s1. The van der Waals surface area contributed by atoms with E-state index >= 15 is 0 Å². The van der Waals surface area contributed by atoms with Crippen LogP contribution in [0, 0.1) is 34.0 Å². The number of fused-ring (bicyclic) bond motifs is 6. The summed E-state index contributed by atoms with van der Waals surface area (Å²) >= 11 is 0. The number of hydrogen-bond donors (Lipinski definition) is 2. The Kier molecular flexibility index (Phi) is 31.3. The van der Waals surface area contributed by atoms with Crippen LogP contribution in [0.3, 0.4) is 0 Å². The maximum absolute atomic E-state index is 12.4. The molecule has 21 rings (SSSR count). The van der Waals surface area contributed by atoms with Crippen molar-refractivity contribution in [3.05, 3.63) is 197 Å². The number of Topliss-reactive ketones (excluding diaryl/α,β-unsaturated/α-hetero) is 1. The Hall–Kier alpha value is -4.12. The van der Waals surface area contributed by atoms with E-state index in [2.05, 4.69) is 183 Å². The van der Waals surface area contributed by atoms with Gasteiger partial charge in [0.15, 0.2) is 0 Å². The molecule has 3 aromatic heterocycles. The average molecular weight is 1710 g/mol. The van der Waals surface area contributed by atoms with E-state index in [9.17, 15) is 4.79 Å². The third-order valence-corrected chi connectivity index (χ3v) is 36.4. The van der Waals surface area contributed by atoms with Gasteiger partial charge in [-0.25, -0.2) is 0 Å². The Bertz CT molecular complexity index is 5250. The van der Waals surface area contributed by atoms with Gasteiger partial charge < -0.3 is 24.8 Å². The van der Waals surface area contributed by atoms with Gasteiger partial charge in [0.05, 0.1) is 33.6 Å². The van der Waals surface area contributed by atoms with E-state index in [-0.39, 0.29) is 72.1 Å². The molecule has 9 heterocycles. The van der Waals surface area contributed by atoms with Crippen LogP contribution in [-0.4, -0.2) is 306 Å². The summed E-state index contributed by atoms with van der Waals surface area (Å²) in [5.41, 5.74) is 13.5. The Morgan fingerprint density at radius 2 is 0.672 bits per heavy atom. The highest BCUT2D eigenvalue weighted by molar-refractivity contribution is 8.28. The smallest absolute Gasteiger partial charge is 0.136 e. The maximum atomic E-state index is 12.4. The minimum atomic E-state index is -1.11. The number of allylic oxidation sites excluding steroid dienone is 3. The Morgan fingerprint density at radius 3 is 0.993 bits per heavy atom. The van der Waals surface area contributed by atoms with Crippen LogP contribution in [0.2, 0.25) is 0 Å². The number of ketones is 1. The van der Waals surface area contributed by atoms with Crippen LogP contribution in [0.5, 0.6) is 0 Å². The lowest BCUT2D eigenvalue weighted by molar-refractivity contribution is -0.146. The molecule has 34 radical (unpaired) electrons. The molecule has 3 aromatic carbocycles. The summed E-state index contributed by atoms with van der Waals surface area (Å²) in [7, 11) is 103. The molecule has 6 aromatic rings. The van der Waals surface area contributed by atoms with E-state index in [1.165, 1.54) is 174 Å². The summed E-state index contributed by atoms with van der Waals surface area (Å²) in [5, 5.41) is 15.3. The molecule has 0 amide bonds. The molecule has 41 heteroatoms. The van der Waals surface area contributed by atoms with Gasteiger partial charge in [-0.3, -0.25) is 19.7 Å². The summed E-state index contributed by atoms with van der Waals surface area (Å²) in [4.78, 5) is 25.5. The van der Waals surface area contributed by atoms with Crippen LogP contribution in [0.1, 0.15) is 259 Å². The lowest BCUT2D eigenvalue weighted by atomic mass is 8.30. The summed E-state index contributed by atoms with van der Waals surface area (Å²) in [6, 6.07) is 29.7. The van der Waals surface area contributed by atoms with Crippen molar-refractivity contribution in [2.75, 3.05) is 0 Å². The average Bonchev–Trinajstić information content (AvgIpc) is 1.53. The van der Waals surface area contributed by atoms with Gasteiger partial charge in [0.2, 0.25) is 0 Å². The van der Waals surface area contributed by atoms with Gasteiger partial charge in [-0.15, -0.1) is 0 Å². The van der Waals surface area contributed by atoms with Crippen molar-refractivity contribution in [3.8, 4) is 0 Å². The normalized spacial score (nSPS) is 32.3. The predicted molar refractivity (Wildman–Crippen MR) is 601 cm³/mol. The minimum Gasteiger partial charge on any atom is -0.359 e. The number of nitrogens with one attached hydrogen (secondary N) is 2. The van der Waals surface area contributed by atoms with Crippen LogP contribution >= 0.6 is 0 Å². The number of rotatable bonds is 21. The molecule has 6 aliphatic heterocycles. The van der Waals surface area contributed by atoms with Gasteiger partial charge in [0, 0.05) is 318 Å². The number of ether oxygens (including phenoxy) is 3. The highest BCUT2D eigenvalue weighted by atomic mass is 16.5. The molecule has 15 aliphatic rings. The zero-order valence-electron chi connectivity index (χ0n) is 78.6. The van der Waals surface area contributed by atoms with Gasteiger partial charge in [0.25, 0.3) is 0 Å². The highest BCUT2D eigenvalue weighted by Crippen LogP contribution is 2.73. The van der Waals surface area contributed by atoms with Crippen molar-refractivity contribution in [3.63, 3.8) is 0 Å². The second-order valence-corrected chi connectivity index (χ2v) is 44.5. The van der Waals surface area contributed by atoms with Crippen LogP contribution in [-0.2, 0) is 19.0 Å². The first-order chi connectivity index (χ1) is 62.3. The van der Waals surface area contributed by atoms with Crippen LogP contribution < -0.4 is 10.6 Å². The van der Waals surface area contributed by atoms with Gasteiger partial charge in [-0.05, 0) is 296 Å². The first-order valence-electron chi connectivity index (χ1n) is 49.6. The van der Waals surface area contributed by atoms with E-state index in [0.717, 1.165) is 38.5 Å². The second-order valence-electron chi connectivity index (χ2n) is 44.5. The number of pyridine rings is 3. The molecule has 3 saturated heterocycles. The van der Waals surface area contributed by atoms with Crippen LogP contribution in [0.15, 0.2) is 180 Å². The fraction of sp³-hybridized carbons (Fsp3) is 0.570. The molecular weight excluding hydrogens is 1600 g/mol. The third kappa shape index (κ3) is 18.2. The molecule has 6 spiro atoms. The largest absolute Gasteiger partial charge is 0.359 e. The fourth-order valence-corrected chi connectivity index (χ4v) is 30.7. The van der Waals surface area contributed by atoms with Crippen molar-refractivity contribution in [1.82, 2.24) is 25.6 Å². The first kappa shape index (κ1) is 104. The van der Waals surface area contributed by atoms with E-state index in [1.54, 1.807) is 11.1 Å². The van der Waals surface area contributed by atoms with Gasteiger partial charge in [-0.1, -0.05) is 144 Å². The molecule has 17 atom stereocenters. The predicted octanol–water partition coefficient (Wildman–Crippen LogP) is 9.46. The molecule has 2 N–H and O–H groups in total. The molecule has 634 valence electrons. The van der Waals surface area contributed by atoms with E-state index < -0.39 is 95.8 Å². The topological polar surface area (TPSA) is 107 Å². The molecule has 9 aliphatic carbocycles. The summed E-state index contributed by atoms with van der Waals surface area (Å²) in [6.07, 6.45) is 39.0. The maximum Gasteiger partial charge on any atom is 0.136 e. The lowest BCUT2D eigenvalue weighted by Gasteiger charge is -2.54. The number of aromatic nitrogens is 3. The molecular formula is C93H117B32N5O4. The minimum absolute atomic E-state index is 0. The molecule has 134 heavy (non-hydrogen) atoms. The first-order valence-corrected chi connectivity index (χ1v) is 49.6. The summed E-state index contributed by atoms with van der Waals surface area (Å²) < 4.78 is 22.0. The number of carbonyl (C=O) groups excluding carboxylic acids is 1. The second kappa shape index (κ2) is 40.2. The number of carbonyl (C=O) groups is 1. The quantitative estimate of drug-likeness (QED) is 0.0683. The molecule has 6 unspecified atom stereocenters. The zero-order chi connectivity index (χ0) is 92.8. The highest BCUT2D eigenvalue weighted by Gasteiger charge is 2.71. The SMILES string of the molecule is C.C.C.CC(C)N[C@@H]1CCC2=CC3=CC[C@]4(C)C(c5ccc6ccncc6c5)CC[C@H]4[C@@]34CCC2(C1)O4.CC(C)N[C@H]1CCC2=CC3=CC[C@]4(C)C(c5ccc6ccncc6c5)CC[C@H]4[C@@]34CCC2(C1)O4.C[C@]12CC=C3C=C4CCC(=O)CC45CC[C@]3(O5)[C@@H]1CCC2c1ccc2ccncc2c1.[B]B([B])B([B])B(B([B])[B])B(B(B([B])[B])B([B])[B])B(B(B([B])[B])B([B])[B])B(B([B])[B])B([B])[B]. The Morgan fingerprint density at radius 1 is 0.358 bits per heavy atom. The van der Waals surface area contributed by atoms with Crippen molar-refractivity contribution in [2.45, 2.75) is 300 Å². The fourth-order valence-electron chi connectivity index (χ4n) is 30.7. The molecule has 6 saturated carbocycles. The van der Waals surface area contributed by atoms with Gasteiger partial charge in [0.1, 0.15) is 5.78 Å². The molecule has 6 bridgehead atoms. The van der Waals surface area contributed by atoms with Crippen molar-refractivity contribution >= 4 is 265 Å². The van der Waals surface area contributed by atoms with Crippen LogP contribution in [0.4, 0.5) is 0 Å². The van der Waals surface area contributed by atoms with Gasteiger partial charge >= 0.3 is 0 Å². The van der Waals surface area contributed by atoms with Gasteiger partial charge in [-0.2, -0.15) is 0 Å². The molecule has 9 nitrogen and oxygen atoms in total. The third-order valence-electron chi connectivity index (χ3n) is 36.4. The Labute approximate surface area is 834 Å². The van der Waals surface area contributed by atoms with E-state index in [4.69, 9.17) is 146 Å². The number of hydrogen-bond acceptors (Lipinski definition) is 9. The monoisotopic (exact) mass is 1720 g/mol. The van der Waals surface area contributed by atoms with Crippen molar-refractivity contribution in [1.29, 1.82) is 0 Å². The number of nitrogens with zero attached hydrogens (tertiary/aromatic N) is 3. The Balaban J connectivity index is 0.000000135. The number of benzene rings is 3. The summed E-state index contributed by atoms with van der Waals surface area (Å²) in [6.45, 7) is 16.7. The summed E-state index contributed by atoms with van der Waals surface area (Å²) in [5.74, 6) is 3.81. The van der Waals surface area contributed by atoms with E-state index in [1.807, 2.05) is 37.2 Å².